The van der Waals surface area contributed by atoms with Gasteiger partial charge in [-0.25, -0.2) is 9.67 Å². The Bertz CT molecular complexity index is 621. The van der Waals surface area contributed by atoms with Crippen LogP contribution in [0.2, 0.25) is 0 Å². The summed E-state index contributed by atoms with van der Waals surface area (Å²) in [7, 11) is 0. The molecule has 0 radical (unpaired) electrons. The molecule has 0 fully saturated rings. The maximum absolute atomic E-state index is 11.3. The largest absolute Gasteiger partial charge is 0.355 e. The zero-order valence-electron chi connectivity index (χ0n) is 12.5. The van der Waals surface area contributed by atoms with Crippen LogP contribution in [0.4, 0.5) is 11.5 Å². The van der Waals surface area contributed by atoms with Crippen molar-refractivity contribution in [3.8, 4) is 0 Å². The number of aryl methyl sites for hydroxylation is 1. The number of nitrogens with zero attached hydrogens (tertiary/aromatic N) is 4. The number of thiazole rings is 1. The first-order chi connectivity index (χ1) is 9.95. The molecule has 0 amide bonds. The second-order valence-electron chi connectivity index (χ2n) is 5.05. The van der Waals surface area contributed by atoms with Crippen LogP contribution >= 0.6 is 11.3 Å². The first-order valence-corrected chi connectivity index (χ1v) is 7.73. The van der Waals surface area contributed by atoms with Crippen LogP contribution in [0, 0.1) is 17.0 Å². The Morgan fingerprint density at radius 2 is 2.24 bits per heavy atom. The third-order valence-electron chi connectivity index (χ3n) is 3.19. The smallest absolute Gasteiger partial charge is 0.333 e. The lowest BCUT2D eigenvalue weighted by Gasteiger charge is -2.17. The molecule has 2 aromatic rings. The van der Waals surface area contributed by atoms with Crippen molar-refractivity contribution in [2.45, 2.75) is 46.2 Å². The molecule has 1 atom stereocenters. The first kappa shape index (κ1) is 15.4. The molecule has 1 unspecified atom stereocenters. The van der Waals surface area contributed by atoms with Crippen LogP contribution in [0.1, 0.15) is 50.0 Å². The molecule has 21 heavy (non-hydrogen) atoms. The molecule has 0 aliphatic rings. The molecule has 0 saturated carbocycles. The number of aromatic nitrogens is 3. The molecular weight excluding hydrogens is 290 g/mol. The SMILES string of the molecule is CCC(Nc1c([N+](=O)[O-])c(C)nn1C(C)C)c1nccs1. The summed E-state index contributed by atoms with van der Waals surface area (Å²) in [6.07, 6.45) is 2.52. The molecule has 114 valence electrons. The van der Waals surface area contributed by atoms with E-state index in [2.05, 4.69) is 15.4 Å². The summed E-state index contributed by atoms with van der Waals surface area (Å²) in [4.78, 5) is 15.3. The van der Waals surface area contributed by atoms with E-state index in [0.717, 1.165) is 11.4 Å². The zero-order chi connectivity index (χ0) is 15.6. The molecule has 7 nitrogen and oxygen atoms in total. The van der Waals surface area contributed by atoms with Crippen molar-refractivity contribution in [2.75, 3.05) is 5.32 Å². The Kier molecular flexibility index (Phi) is 4.56. The Balaban J connectivity index is 2.44. The third kappa shape index (κ3) is 3.05. The van der Waals surface area contributed by atoms with E-state index in [0.29, 0.717) is 11.5 Å². The van der Waals surface area contributed by atoms with E-state index in [-0.39, 0.29) is 22.7 Å². The van der Waals surface area contributed by atoms with Gasteiger partial charge in [-0.2, -0.15) is 5.10 Å². The topological polar surface area (TPSA) is 85.9 Å². The van der Waals surface area contributed by atoms with Gasteiger partial charge in [0.05, 0.1) is 11.0 Å². The Labute approximate surface area is 127 Å². The Hall–Kier alpha value is -1.96. The number of hydrogen-bond acceptors (Lipinski definition) is 6. The normalized spacial score (nSPS) is 12.6. The Morgan fingerprint density at radius 3 is 2.71 bits per heavy atom. The molecule has 2 rings (SSSR count). The quantitative estimate of drug-likeness (QED) is 0.649. The highest BCUT2D eigenvalue weighted by Gasteiger charge is 2.28. The molecule has 0 spiro atoms. The summed E-state index contributed by atoms with van der Waals surface area (Å²) < 4.78 is 1.67. The average molecular weight is 309 g/mol. The second-order valence-corrected chi connectivity index (χ2v) is 5.98. The third-order valence-corrected chi connectivity index (χ3v) is 4.08. The number of hydrogen-bond donors (Lipinski definition) is 1. The van der Waals surface area contributed by atoms with Gasteiger partial charge in [0.1, 0.15) is 10.7 Å². The molecule has 2 aromatic heterocycles. The van der Waals surface area contributed by atoms with Crippen LogP contribution in [-0.2, 0) is 0 Å². The summed E-state index contributed by atoms with van der Waals surface area (Å²) in [5, 5.41) is 21.7. The molecule has 8 heteroatoms. The van der Waals surface area contributed by atoms with Gasteiger partial charge in [-0.05, 0) is 27.2 Å². The summed E-state index contributed by atoms with van der Waals surface area (Å²) in [6, 6.07) is -0.0222. The van der Waals surface area contributed by atoms with Crippen LogP contribution in [0.15, 0.2) is 11.6 Å². The predicted molar refractivity (Wildman–Crippen MR) is 82.8 cm³/mol. The van der Waals surface area contributed by atoms with E-state index in [4.69, 9.17) is 0 Å². The number of rotatable bonds is 6. The van der Waals surface area contributed by atoms with Crippen molar-refractivity contribution in [1.82, 2.24) is 14.8 Å². The Morgan fingerprint density at radius 1 is 1.52 bits per heavy atom. The van der Waals surface area contributed by atoms with Gasteiger partial charge in [-0.1, -0.05) is 6.92 Å². The van der Waals surface area contributed by atoms with Gasteiger partial charge in [0.15, 0.2) is 0 Å². The van der Waals surface area contributed by atoms with Crippen molar-refractivity contribution >= 4 is 22.8 Å². The van der Waals surface area contributed by atoms with Gasteiger partial charge in [-0.3, -0.25) is 10.1 Å². The van der Waals surface area contributed by atoms with Crippen molar-refractivity contribution in [2.24, 2.45) is 0 Å². The minimum atomic E-state index is -0.377. The lowest BCUT2D eigenvalue weighted by Crippen LogP contribution is -2.15. The molecule has 0 aliphatic heterocycles. The lowest BCUT2D eigenvalue weighted by atomic mass is 10.2. The second kappa shape index (κ2) is 6.21. The molecule has 1 N–H and O–H groups in total. The molecular formula is C13H19N5O2S. The molecule has 0 aliphatic carbocycles. The van der Waals surface area contributed by atoms with Crippen LogP contribution in [0.3, 0.4) is 0 Å². The van der Waals surface area contributed by atoms with Gasteiger partial charge < -0.3 is 5.32 Å². The standard InChI is InChI=1S/C13H19N5O2S/c1-5-10(13-14-6-7-21-13)15-12-11(18(19)20)9(4)16-17(12)8(2)3/h6-8,10,15H,5H2,1-4H3. The van der Waals surface area contributed by atoms with Crippen molar-refractivity contribution < 1.29 is 4.92 Å². The van der Waals surface area contributed by atoms with E-state index in [1.165, 1.54) is 11.3 Å². The molecule has 0 aromatic carbocycles. The van der Waals surface area contributed by atoms with Gasteiger partial charge in [0, 0.05) is 17.6 Å². The maximum Gasteiger partial charge on any atom is 0.333 e. The van der Waals surface area contributed by atoms with Crippen LogP contribution in [0.25, 0.3) is 0 Å². The summed E-state index contributed by atoms with van der Waals surface area (Å²) >= 11 is 1.54. The molecule has 0 saturated heterocycles. The summed E-state index contributed by atoms with van der Waals surface area (Å²) in [6.45, 7) is 7.58. The first-order valence-electron chi connectivity index (χ1n) is 6.85. The fourth-order valence-corrected chi connectivity index (χ4v) is 2.95. The fraction of sp³-hybridized carbons (Fsp3) is 0.538. The van der Waals surface area contributed by atoms with E-state index in [9.17, 15) is 10.1 Å². The fourth-order valence-electron chi connectivity index (χ4n) is 2.18. The minimum absolute atomic E-state index is 0.0358. The van der Waals surface area contributed by atoms with Gasteiger partial charge in [0.2, 0.25) is 5.82 Å². The summed E-state index contributed by atoms with van der Waals surface area (Å²) in [5.74, 6) is 0.453. The highest BCUT2D eigenvalue weighted by molar-refractivity contribution is 7.09. The van der Waals surface area contributed by atoms with Gasteiger partial charge in [0.25, 0.3) is 0 Å². The number of nitrogens with one attached hydrogen (secondary N) is 1. The van der Waals surface area contributed by atoms with Crippen molar-refractivity contribution in [3.05, 3.63) is 32.4 Å². The molecule has 2 heterocycles. The van der Waals surface area contributed by atoms with Crippen LogP contribution in [0.5, 0.6) is 0 Å². The van der Waals surface area contributed by atoms with E-state index < -0.39 is 0 Å². The van der Waals surface area contributed by atoms with E-state index in [1.54, 1.807) is 17.8 Å². The average Bonchev–Trinajstić information content (AvgIpc) is 3.03. The number of anilines is 1. The molecule has 0 bridgehead atoms. The van der Waals surface area contributed by atoms with Crippen LogP contribution < -0.4 is 5.32 Å². The van der Waals surface area contributed by atoms with Gasteiger partial charge in [-0.15, -0.1) is 11.3 Å². The zero-order valence-corrected chi connectivity index (χ0v) is 13.3. The van der Waals surface area contributed by atoms with Crippen molar-refractivity contribution in [1.29, 1.82) is 0 Å². The van der Waals surface area contributed by atoms with Crippen molar-refractivity contribution in [3.63, 3.8) is 0 Å². The van der Waals surface area contributed by atoms with Gasteiger partial charge >= 0.3 is 5.69 Å². The highest BCUT2D eigenvalue weighted by atomic mass is 32.1. The predicted octanol–water partition coefficient (Wildman–Crippen LogP) is 3.70. The monoisotopic (exact) mass is 309 g/mol. The summed E-state index contributed by atoms with van der Waals surface area (Å²) in [5.41, 5.74) is 0.462. The van der Waals surface area contributed by atoms with Crippen LogP contribution in [-0.4, -0.2) is 19.7 Å². The highest BCUT2D eigenvalue weighted by Crippen LogP contribution is 2.34. The number of nitro groups is 1. The maximum atomic E-state index is 11.3. The minimum Gasteiger partial charge on any atom is -0.355 e. The van der Waals surface area contributed by atoms with E-state index in [1.807, 2.05) is 26.2 Å². The van der Waals surface area contributed by atoms with E-state index >= 15 is 0 Å². The lowest BCUT2D eigenvalue weighted by molar-refractivity contribution is -0.384.